The highest BCUT2D eigenvalue weighted by Gasteiger charge is 2.32. The van der Waals surface area contributed by atoms with Crippen molar-refractivity contribution in [2.45, 2.75) is 38.7 Å². The number of nitrogens with two attached hydrogens (primary N) is 1. The summed E-state index contributed by atoms with van der Waals surface area (Å²) >= 11 is 0. The lowest BCUT2D eigenvalue weighted by molar-refractivity contribution is -0.00502. The molecule has 0 radical (unpaired) electrons. The van der Waals surface area contributed by atoms with Crippen LogP contribution in [0.1, 0.15) is 33.1 Å². The number of hydrogen-bond acceptors (Lipinski definition) is 7. The van der Waals surface area contributed by atoms with E-state index in [1.807, 2.05) is 6.92 Å². The first-order chi connectivity index (χ1) is 9.56. The van der Waals surface area contributed by atoms with E-state index in [9.17, 15) is 0 Å². The average Bonchev–Trinajstić information content (AvgIpc) is 2.44. The van der Waals surface area contributed by atoms with Crippen LogP contribution >= 0.6 is 0 Å². The molecular weight excluding hydrogens is 258 g/mol. The van der Waals surface area contributed by atoms with Crippen LogP contribution < -0.4 is 15.4 Å². The van der Waals surface area contributed by atoms with Crippen LogP contribution in [0.25, 0.3) is 0 Å². The van der Waals surface area contributed by atoms with Gasteiger partial charge in [0.2, 0.25) is 11.9 Å². The lowest BCUT2D eigenvalue weighted by atomic mass is 9.95. The molecule has 0 saturated carbocycles. The molecule has 0 bridgehead atoms. The number of rotatable bonds is 5. The third-order valence-corrected chi connectivity index (χ3v) is 3.49. The van der Waals surface area contributed by atoms with Gasteiger partial charge in [-0.3, -0.25) is 0 Å². The minimum atomic E-state index is -0.177. The SMILES string of the molecule is CCCOc1nc(N)nc(N2CCCC(C)(OC)C2)n1. The van der Waals surface area contributed by atoms with Crippen molar-refractivity contribution in [3.63, 3.8) is 0 Å². The third-order valence-electron chi connectivity index (χ3n) is 3.49. The third kappa shape index (κ3) is 3.47. The Bertz CT molecular complexity index is 456. The largest absolute Gasteiger partial charge is 0.463 e. The zero-order chi connectivity index (χ0) is 14.6. The lowest BCUT2D eigenvalue weighted by Crippen LogP contribution is -2.48. The number of nitrogens with zero attached hydrogens (tertiary/aromatic N) is 4. The molecule has 20 heavy (non-hydrogen) atoms. The van der Waals surface area contributed by atoms with E-state index in [1.165, 1.54) is 0 Å². The summed E-state index contributed by atoms with van der Waals surface area (Å²) in [6.07, 6.45) is 2.95. The summed E-state index contributed by atoms with van der Waals surface area (Å²) in [6, 6.07) is 0.291. The topological polar surface area (TPSA) is 86.4 Å². The van der Waals surface area contributed by atoms with Gasteiger partial charge in [-0.1, -0.05) is 6.92 Å². The molecule has 7 heteroatoms. The first-order valence-corrected chi connectivity index (χ1v) is 7.01. The van der Waals surface area contributed by atoms with Crippen LogP contribution in [0.15, 0.2) is 0 Å². The second-order valence-corrected chi connectivity index (χ2v) is 5.30. The number of hydrogen-bond donors (Lipinski definition) is 1. The molecule has 0 spiro atoms. The fraction of sp³-hybridized carbons (Fsp3) is 0.769. The highest BCUT2D eigenvalue weighted by atomic mass is 16.5. The molecule has 0 aliphatic carbocycles. The summed E-state index contributed by atoms with van der Waals surface area (Å²) in [5.74, 6) is 0.748. The molecule has 7 nitrogen and oxygen atoms in total. The van der Waals surface area contributed by atoms with Gasteiger partial charge in [0.15, 0.2) is 0 Å². The van der Waals surface area contributed by atoms with Crippen LogP contribution in [0, 0.1) is 0 Å². The van der Waals surface area contributed by atoms with Gasteiger partial charge in [-0.05, 0) is 26.2 Å². The lowest BCUT2D eigenvalue weighted by Gasteiger charge is -2.39. The maximum atomic E-state index is 5.74. The molecule has 0 amide bonds. The standard InChI is InChI=1S/C13H23N5O2/c1-4-8-20-12-16-10(14)15-11(17-12)18-7-5-6-13(2,9-18)19-3/h4-9H2,1-3H3,(H2,14,15,16,17). The van der Waals surface area contributed by atoms with Crippen LogP contribution in [0.4, 0.5) is 11.9 Å². The van der Waals surface area contributed by atoms with Crippen molar-refractivity contribution in [2.75, 3.05) is 37.4 Å². The first kappa shape index (κ1) is 14.8. The predicted octanol–water partition coefficient (Wildman–Crippen LogP) is 1.25. The minimum Gasteiger partial charge on any atom is -0.463 e. The van der Waals surface area contributed by atoms with Gasteiger partial charge in [-0.2, -0.15) is 15.0 Å². The molecule has 0 aromatic carbocycles. The van der Waals surface area contributed by atoms with Crippen molar-refractivity contribution in [3.8, 4) is 6.01 Å². The van der Waals surface area contributed by atoms with Gasteiger partial charge in [-0.25, -0.2) is 0 Å². The average molecular weight is 281 g/mol. The number of aromatic nitrogens is 3. The zero-order valence-electron chi connectivity index (χ0n) is 12.4. The highest BCUT2D eigenvalue weighted by molar-refractivity contribution is 5.37. The van der Waals surface area contributed by atoms with Crippen LogP contribution in [-0.4, -0.2) is 47.4 Å². The van der Waals surface area contributed by atoms with E-state index in [4.69, 9.17) is 15.2 Å². The van der Waals surface area contributed by atoms with Crippen molar-refractivity contribution >= 4 is 11.9 Å². The van der Waals surface area contributed by atoms with E-state index in [-0.39, 0.29) is 11.5 Å². The molecule has 2 heterocycles. The Balaban J connectivity index is 2.16. The van der Waals surface area contributed by atoms with Gasteiger partial charge in [-0.15, -0.1) is 0 Å². The monoisotopic (exact) mass is 281 g/mol. The van der Waals surface area contributed by atoms with E-state index < -0.39 is 0 Å². The van der Waals surface area contributed by atoms with Crippen molar-refractivity contribution in [1.82, 2.24) is 15.0 Å². The molecule has 1 aromatic rings. The number of nitrogen functional groups attached to an aromatic ring is 1. The summed E-state index contributed by atoms with van der Waals surface area (Å²) < 4.78 is 11.0. The van der Waals surface area contributed by atoms with Gasteiger partial charge >= 0.3 is 6.01 Å². The molecule has 2 N–H and O–H groups in total. The smallest absolute Gasteiger partial charge is 0.323 e. The Morgan fingerprint density at radius 1 is 1.35 bits per heavy atom. The summed E-state index contributed by atoms with van der Waals surface area (Å²) in [5.41, 5.74) is 5.56. The second-order valence-electron chi connectivity index (χ2n) is 5.30. The summed E-state index contributed by atoms with van der Waals surface area (Å²) in [6.45, 7) is 6.31. The van der Waals surface area contributed by atoms with E-state index in [2.05, 4.69) is 26.8 Å². The van der Waals surface area contributed by atoms with E-state index >= 15 is 0 Å². The van der Waals surface area contributed by atoms with Crippen LogP contribution in [0.2, 0.25) is 0 Å². The molecular formula is C13H23N5O2. The highest BCUT2D eigenvalue weighted by Crippen LogP contribution is 2.27. The van der Waals surface area contributed by atoms with Crippen molar-refractivity contribution in [2.24, 2.45) is 0 Å². The summed E-state index contributed by atoms with van der Waals surface area (Å²) in [4.78, 5) is 14.6. The predicted molar refractivity (Wildman–Crippen MR) is 76.9 cm³/mol. The fourth-order valence-electron chi connectivity index (χ4n) is 2.30. The zero-order valence-corrected chi connectivity index (χ0v) is 12.4. The maximum Gasteiger partial charge on any atom is 0.323 e. The second kappa shape index (κ2) is 6.21. The van der Waals surface area contributed by atoms with E-state index in [0.29, 0.717) is 18.6 Å². The molecule has 1 fully saturated rings. The van der Waals surface area contributed by atoms with Gasteiger partial charge in [0, 0.05) is 20.2 Å². The maximum absolute atomic E-state index is 5.74. The van der Waals surface area contributed by atoms with Crippen LogP contribution in [0.5, 0.6) is 6.01 Å². The van der Waals surface area contributed by atoms with Gasteiger partial charge in [0.25, 0.3) is 0 Å². The van der Waals surface area contributed by atoms with Gasteiger partial charge in [0.1, 0.15) is 0 Å². The number of ether oxygens (including phenoxy) is 2. The number of methoxy groups -OCH3 is 1. The van der Waals surface area contributed by atoms with Crippen LogP contribution in [0.3, 0.4) is 0 Å². The molecule has 1 saturated heterocycles. The number of piperidine rings is 1. The van der Waals surface area contributed by atoms with Crippen molar-refractivity contribution in [1.29, 1.82) is 0 Å². The molecule has 1 unspecified atom stereocenters. The molecule has 1 aliphatic rings. The van der Waals surface area contributed by atoms with Crippen molar-refractivity contribution < 1.29 is 9.47 Å². The Morgan fingerprint density at radius 2 is 2.15 bits per heavy atom. The normalized spacial score (nSPS) is 22.9. The number of anilines is 2. The van der Waals surface area contributed by atoms with Crippen molar-refractivity contribution in [3.05, 3.63) is 0 Å². The first-order valence-electron chi connectivity index (χ1n) is 7.01. The molecule has 1 atom stereocenters. The molecule has 1 aromatic heterocycles. The van der Waals surface area contributed by atoms with Gasteiger partial charge < -0.3 is 20.1 Å². The summed E-state index contributed by atoms with van der Waals surface area (Å²) in [7, 11) is 1.74. The molecule has 112 valence electrons. The Hall–Kier alpha value is -1.63. The van der Waals surface area contributed by atoms with E-state index in [1.54, 1.807) is 7.11 Å². The fourth-order valence-corrected chi connectivity index (χ4v) is 2.30. The molecule has 1 aliphatic heterocycles. The van der Waals surface area contributed by atoms with Gasteiger partial charge in [0.05, 0.1) is 12.2 Å². The minimum absolute atomic E-state index is 0.177. The Labute approximate surface area is 119 Å². The Kier molecular flexibility index (Phi) is 4.59. The Morgan fingerprint density at radius 3 is 2.85 bits per heavy atom. The molecule has 2 rings (SSSR count). The van der Waals surface area contributed by atoms with Crippen LogP contribution in [-0.2, 0) is 4.74 Å². The van der Waals surface area contributed by atoms with E-state index in [0.717, 1.165) is 32.4 Å². The summed E-state index contributed by atoms with van der Waals surface area (Å²) in [5, 5.41) is 0. The quantitative estimate of drug-likeness (QED) is 0.869.